The van der Waals surface area contributed by atoms with Crippen molar-refractivity contribution in [3.8, 4) is 0 Å². The smallest absolute Gasteiger partial charge is 0.229 e. The summed E-state index contributed by atoms with van der Waals surface area (Å²) < 4.78 is 5.17. The van der Waals surface area contributed by atoms with Crippen LogP contribution in [0.4, 0.5) is 0 Å². The topological polar surface area (TPSA) is 38.9 Å². The zero-order valence-corrected chi connectivity index (χ0v) is 8.71. The molecule has 0 radical (unpaired) electrons. The van der Waals surface area contributed by atoms with E-state index in [1.165, 1.54) is 12.8 Å². The molecule has 3 nitrogen and oxygen atoms in total. The minimum absolute atomic E-state index is 0.469. The molecule has 0 aliphatic carbocycles. The molecule has 0 fully saturated rings. The number of aromatic nitrogens is 2. The van der Waals surface area contributed by atoms with Gasteiger partial charge < -0.3 is 4.52 Å². The monoisotopic (exact) mass is 182 g/mol. The van der Waals surface area contributed by atoms with E-state index in [4.69, 9.17) is 4.52 Å². The minimum atomic E-state index is 0.469. The lowest BCUT2D eigenvalue weighted by Crippen LogP contribution is -1.98. The Morgan fingerprint density at radius 2 is 1.85 bits per heavy atom. The van der Waals surface area contributed by atoms with Crippen LogP contribution in [0.1, 0.15) is 57.2 Å². The number of hydrogen-bond acceptors (Lipinski definition) is 3. The van der Waals surface area contributed by atoms with E-state index in [2.05, 4.69) is 24.0 Å². The maximum atomic E-state index is 5.17. The van der Waals surface area contributed by atoms with Gasteiger partial charge in [-0.25, -0.2) is 0 Å². The molecule has 1 aromatic heterocycles. The van der Waals surface area contributed by atoms with E-state index in [9.17, 15) is 0 Å². The molecule has 13 heavy (non-hydrogen) atoms. The molecule has 1 rings (SSSR count). The summed E-state index contributed by atoms with van der Waals surface area (Å²) in [6.45, 7) is 6.24. The van der Waals surface area contributed by atoms with Gasteiger partial charge in [0.25, 0.3) is 0 Å². The molecule has 3 heteroatoms. The van der Waals surface area contributed by atoms with Crippen molar-refractivity contribution in [1.82, 2.24) is 10.1 Å². The van der Waals surface area contributed by atoms with Crippen molar-refractivity contribution < 1.29 is 4.52 Å². The Hall–Kier alpha value is -0.860. The van der Waals surface area contributed by atoms with Crippen LogP contribution in [-0.4, -0.2) is 10.1 Å². The van der Waals surface area contributed by atoms with Gasteiger partial charge >= 0.3 is 0 Å². The first-order valence-corrected chi connectivity index (χ1v) is 5.08. The van der Waals surface area contributed by atoms with Crippen molar-refractivity contribution in [1.29, 1.82) is 0 Å². The van der Waals surface area contributed by atoms with Gasteiger partial charge in [0.15, 0.2) is 5.82 Å². The Kier molecular flexibility index (Phi) is 3.93. The largest absolute Gasteiger partial charge is 0.339 e. The maximum Gasteiger partial charge on any atom is 0.229 e. The third-order valence-electron chi connectivity index (χ3n) is 2.17. The van der Waals surface area contributed by atoms with Crippen molar-refractivity contribution in [2.45, 2.75) is 52.4 Å². The van der Waals surface area contributed by atoms with E-state index >= 15 is 0 Å². The van der Waals surface area contributed by atoms with Crippen molar-refractivity contribution in [2.24, 2.45) is 0 Å². The lowest BCUT2D eigenvalue weighted by atomic mass is 9.98. The van der Waals surface area contributed by atoms with Crippen molar-refractivity contribution in [3.63, 3.8) is 0 Å². The van der Waals surface area contributed by atoms with Gasteiger partial charge in [-0.3, -0.25) is 0 Å². The summed E-state index contributed by atoms with van der Waals surface area (Å²) in [7, 11) is 0. The van der Waals surface area contributed by atoms with Crippen molar-refractivity contribution in [3.05, 3.63) is 11.7 Å². The van der Waals surface area contributed by atoms with Crippen LogP contribution in [0.25, 0.3) is 0 Å². The molecule has 0 bridgehead atoms. The van der Waals surface area contributed by atoms with Crippen LogP contribution < -0.4 is 0 Å². The zero-order chi connectivity index (χ0) is 9.68. The van der Waals surface area contributed by atoms with E-state index in [0.29, 0.717) is 5.92 Å². The van der Waals surface area contributed by atoms with Crippen LogP contribution in [0.5, 0.6) is 0 Å². The highest BCUT2D eigenvalue weighted by atomic mass is 16.5. The molecule has 0 amide bonds. The van der Waals surface area contributed by atoms with Crippen LogP contribution in [-0.2, 0) is 0 Å². The van der Waals surface area contributed by atoms with Crippen LogP contribution in [0.2, 0.25) is 0 Å². The number of hydrogen-bond donors (Lipinski definition) is 0. The highest BCUT2D eigenvalue weighted by Crippen LogP contribution is 2.24. The molecule has 0 saturated heterocycles. The minimum Gasteiger partial charge on any atom is -0.339 e. The Balaban J connectivity index is 2.63. The SMILES string of the molecule is CCCC(CCC)c1nc(C)no1. The van der Waals surface area contributed by atoms with Gasteiger partial charge in [-0.05, 0) is 19.8 Å². The highest BCUT2D eigenvalue weighted by Gasteiger charge is 2.15. The molecule has 0 unspecified atom stereocenters. The average Bonchev–Trinajstić information content (AvgIpc) is 2.51. The van der Waals surface area contributed by atoms with E-state index in [1.54, 1.807) is 0 Å². The molecule has 0 N–H and O–H groups in total. The quantitative estimate of drug-likeness (QED) is 0.702. The normalized spacial score (nSPS) is 11.1. The number of nitrogens with zero attached hydrogens (tertiary/aromatic N) is 2. The van der Waals surface area contributed by atoms with E-state index in [0.717, 1.165) is 24.6 Å². The maximum absolute atomic E-state index is 5.17. The third-order valence-corrected chi connectivity index (χ3v) is 2.17. The molecule has 0 atom stereocenters. The van der Waals surface area contributed by atoms with Gasteiger partial charge in [0.1, 0.15) is 0 Å². The van der Waals surface area contributed by atoms with Gasteiger partial charge in [-0.1, -0.05) is 31.8 Å². The van der Waals surface area contributed by atoms with Crippen LogP contribution in [0.15, 0.2) is 4.52 Å². The zero-order valence-electron chi connectivity index (χ0n) is 8.71. The Bertz CT molecular complexity index is 239. The molecule has 74 valence electrons. The van der Waals surface area contributed by atoms with E-state index in [1.807, 2.05) is 6.92 Å². The summed E-state index contributed by atoms with van der Waals surface area (Å²) in [6, 6.07) is 0. The second-order valence-electron chi connectivity index (χ2n) is 3.45. The second kappa shape index (κ2) is 5.00. The van der Waals surface area contributed by atoms with Crippen molar-refractivity contribution >= 4 is 0 Å². The predicted molar refractivity (Wildman–Crippen MR) is 51.6 cm³/mol. The summed E-state index contributed by atoms with van der Waals surface area (Å²) >= 11 is 0. The first-order valence-electron chi connectivity index (χ1n) is 5.08. The third kappa shape index (κ3) is 2.83. The Morgan fingerprint density at radius 3 is 2.23 bits per heavy atom. The fourth-order valence-electron chi connectivity index (χ4n) is 1.57. The lowest BCUT2D eigenvalue weighted by Gasteiger charge is -2.08. The summed E-state index contributed by atoms with van der Waals surface area (Å²) in [5, 5.41) is 3.82. The lowest BCUT2D eigenvalue weighted by molar-refractivity contribution is 0.334. The van der Waals surface area contributed by atoms with Crippen LogP contribution >= 0.6 is 0 Å². The summed E-state index contributed by atoms with van der Waals surface area (Å²) in [5.41, 5.74) is 0. The number of aryl methyl sites for hydroxylation is 1. The Morgan fingerprint density at radius 1 is 1.23 bits per heavy atom. The highest BCUT2D eigenvalue weighted by molar-refractivity contribution is 4.92. The van der Waals surface area contributed by atoms with Gasteiger partial charge in [-0.15, -0.1) is 0 Å². The summed E-state index contributed by atoms with van der Waals surface area (Å²) in [5.74, 6) is 2.03. The fourth-order valence-corrected chi connectivity index (χ4v) is 1.57. The van der Waals surface area contributed by atoms with Gasteiger partial charge in [0.2, 0.25) is 5.89 Å². The standard InChI is InChI=1S/C10H18N2O/c1-4-6-9(7-5-2)10-11-8(3)12-13-10/h9H,4-7H2,1-3H3. The molecular formula is C10H18N2O. The van der Waals surface area contributed by atoms with Gasteiger partial charge in [0, 0.05) is 5.92 Å². The average molecular weight is 182 g/mol. The van der Waals surface area contributed by atoms with E-state index < -0.39 is 0 Å². The predicted octanol–water partition coefficient (Wildman–Crippen LogP) is 3.06. The molecule has 0 aliphatic rings. The first-order chi connectivity index (χ1) is 6.27. The molecule has 0 aromatic carbocycles. The van der Waals surface area contributed by atoms with Gasteiger partial charge in [-0.2, -0.15) is 4.98 Å². The molecule has 0 saturated carbocycles. The van der Waals surface area contributed by atoms with Crippen LogP contribution in [0.3, 0.4) is 0 Å². The molecule has 0 aliphatic heterocycles. The molecule has 1 heterocycles. The second-order valence-corrected chi connectivity index (χ2v) is 3.45. The summed E-state index contributed by atoms with van der Waals surface area (Å²) in [6.07, 6.45) is 4.64. The van der Waals surface area contributed by atoms with E-state index in [-0.39, 0.29) is 0 Å². The van der Waals surface area contributed by atoms with Crippen molar-refractivity contribution in [2.75, 3.05) is 0 Å². The Labute approximate surface area is 79.5 Å². The van der Waals surface area contributed by atoms with Crippen LogP contribution in [0, 0.1) is 6.92 Å². The first kappa shape index (κ1) is 10.2. The number of rotatable bonds is 5. The molecule has 0 spiro atoms. The fraction of sp³-hybridized carbons (Fsp3) is 0.800. The molecule has 1 aromatic rings. The summed E-state index contributed by atoms with van der Waals surface area (Å²) in [4.78, 5) is 4.27. The molecular weight excluding hydrogens is 164 g/mol. The van der Waals surface area contributed by atoms with Gasteiger partial charge in [0.05, 0.1) is 0 Å².